The molecule has 2 rings (SSSR count). The van der Waals surface area contributed by atoms with E-state index in [0.29, 0.717) is 24.1 Å². The molecule has 1 aliphatic rings. The number of nitrogens with one attached hydrogen (secondary N) is 1. The standard InChI is InChI=1S/C18H22N2O3/c1-12(21)13-8-10-14(11-9-13)19-17(22)15-6-4-5-7-16(15)18(23)20(2)3/h4-5,8-11,15-16H,6-7H2,1-3H3,(H,19,22). The highest BCUT2D eigenvalue weighted by atomic mass is 16.2. The minimum atomic E-state index is -0.373. The van der Waals surface area contributed by atoms with Gasteiger partial charge in [-0.25, -0.2) is 0 Å². The van der Waals surface area contributed by atoms with Gasteiger partial charge >= 0.3 is 0 Å². The zero-order valence-electron chi connectivity index (χ0n) is 13.7. The number of benzene rings is 1. The number of hydrogen-bond donors (Lipinski definition) is 1. The van der Waals surface area contributed by atoms with Gasteiger partial charge in [0.15, 0.2) is 5.78 Å². The molecule has 2 atom stereocenters. The van der Waals surface area contributed by atoms with Gasteiger partial charge in [0, 0.05) is 25.3 Å². The molecule has 0 bridgehead atoms. The molecule has 0 saturated heterocycles. The number of allylic oxidation sites excluding steroid dienone is 2. The first-order chi connectivity index (χ1) is 10.9. The van der Waals surface area contributed by atoms with Crippen molar-refractivity contribution in [3.8, 4) is 0 Å². The van der Waals surface area contributed by atoms with Crippen LogP contribution >= 0.6 is 0 Å². The van der Waals surface area contributed by atoms with Crippen molar-refractivity contribution < 1.29 is 14.4 Å². The summed E-state index contributed by atoms with van der Waals surface area (Å²) in [6.07, 6.45) is 5.04. The second-order valence-corrected chi connectivity index (χ2v) is 6.01. The molecule has 0 spiro atoms. The van der Waals surface area contributed by atoms with Crippen molar-refractivity contribution in [1.82, 2.24) is 4.90 Å². The fourth-order valence-electron chi connectivity index (χ4n) is 2.73. The third-order valence-corrected chi connectivity index (χ3v) is 4.09. The van der Waals surface area contributed by atoms with Gasteiger partial charge in [0.05, 0.1) is 11.8 Å². The number of nitrogens with zero attached hydrogens (tertiary/aromatic N) is 1. The second-order valence-electron chi connectivity index (χ2n) is 6.01. The van der Waals surface area contributed by atoms with Crippen LogP contribution in [0.2, 0.25) is 0 Å². The Labute approximate surface area is 136 Å². The minimum Gasteiger partial charge on any atom is -0.349 e. The maximum atomic E-state index is 12.5. The van der Waals surface area contributed by atoms with Crippen molar-refractivity contribution in [3.63, 3.8) is 0 Å². The van der Waals surface area contributed by atoms with Crippen molar-refractivity contribution in [2.24, 2.45) is 11.8 Å². The Morgan fingerprint density at radius 2 is 1.57 bits per heavy atom. The number of rotatable bonds is 4. The molecule has 1 aromatic rings. The van der Waals surface area contributed by atoms with Gasteiger partial charge < -0.3 is 10.2 Å². The van der Waals surface area contributed by atoms with E-state index in [9.17, 15) is 14.4 Å². The molecule has 5 heteroatoms. The summed E-state index contributed by atoms with van der Waals surface area (Å²) in [5.41, 5.74) is 1.23. The van der Waals surface area contributed by atoms with Crippen molar-refractivity contribution >= 4 is 23.3 Å². The summed E-state index contributed by atoms with van der Waals surface area (Å²) in [7, 11) is 3.41. The SMILES string of the molecule is CC(=O)c1ccc(NC(=O)C2CC=CCC2C(=O)N(C)C)cc1. The van der Waals surface area contributed by atoms with Gasteiger partial charge in [0.2, 0.25) is 11.8 Å². The van der Waals surface area contributed by atoms with Crippen LogP contribution in [0, 0.1) is 11.8 Å². The molecular weight excluding hydrogens is 292 g/mol. The first kappa shape index (κ1) is 16.9. The second kappa shape index (κ2) is 7.22. The Balaban J connectivity index is 2.10. The van der Waals surface area contributed by atoms with Crippen LogP contribution in [-0.2, 0) is 9.59 Å². The average molecular weight is 314 g/mol. The Kier molecular flexibility index (Phi) is 5.32. The van der Waals surface area contributed by atoms with E-state index in [1.807, 2.05) is 12.2 Å². The highest BCUT2D eigenvalue weighted by molar-refractivity contribution is 5.97. The fraction of sp³-hybridized carbons (Fsp3) is 0.389. The van der Waals surface area contributed by atoms with E-state index in [2.05, 4.69) is 5.32 Å². The highest BCUT2D eigenvalue weighted by Gasteiger charge is 2.34. The summed E-state index contributed by atoms with van der Waals surface area (Å²) in [6, 6.07) is 6.77. The van der Waals surface area contributed by atoms with Gasteiger partial charge in [-0.2, -0.15) is 0 Å². The van der Waals surface area contributed by atoms with Gasteiger partial charge in [-0.1, -0.05) is 12.2 Å². The van der Waals surface area contributed by atoms with E-state index in [-0.39, 0.29) is 29.4 Å². The van der Waals surface area contributed by atoms with Crippen LogP contribution in [0.4, 0.5) is 5.69 Å². The van der Waals surface area contributed by atoms with E-state index in [4.69, 9.17) is 0 Å². The molecule has 0 radical (unpaired) electrons. The van der Waals surface area contributed by atoms with Crippen molar-refractivity contribution in [1.29, 1.82) is 0 Å². The van der Waals surface area contributed by atoms with Gasteiger partial charge in [-0.3, -0.25) is 14.4 Å². The first-order valence-electron chi connectivity index (χ1n) is 7.68. The maximum absolute atomic E-state index is 12.5. The number of carbonyl (C=O) groups excluding carboxylic acids is 3. The van der Waals surface area contributed by atoms with Crippen molar-refractivity contribution in [2.75, 3.05) is 19.4 Å². The van der Waals surface area contributed by atoms with E-state index in [1.165, 1.54) is 11.8 Å². The molecule has 1 N–H and O–H groups in total. The van der Waals surface area contributed by atoms with Gasteiger partial charge in [0.1, 0.15) is 0 Å². The summed E-state index contributed by atoms with van der Waals surface area (Å²) in [6.45, 7) is 1.50. The average Bonchev–Trinajstić information content (AvgIpc) is 2.54. The smallest absolute Gasteiger partial charge is 0.228 e. The fourth-order valence-corrected chi connectivity index (χ4v) is 2.73. The zero-order valence-corrected chi connectivity index (χ0v) is 13.7. The lowest BCUT2D eigenvalue weighted by Gasteiger charge is -2.28. The number of Topliss-reactive ketones (excluding diaryl/α,β-unsaturated/α-hetero) is 1. The molecule has 0 fully saturated rings. The topological polar surface area (TPSA) is 66.5 Å². The summed E-state index contributed by atoms with van der Waals surface area (Å²) in [5, 5.41) is 2.85. The number of ketones is 1. The monoisotopic (exact) mass is 314 g/mol. The first-order valence-corrected chi connectivity index (χ1v) is 7.68. The summed E-state index contributed by atoms with van der Waals surface area (Å²) < 4.78 is 0. The van der Waals surface area contributed by atoms with E-state index in [0.717, 1.165) is 0 Å². The third-order valence-electron chi connectivity index (χ3n) is 4.09. The number of carbonyl (C=O) groups is 3. The zero-order chi connectivity index (χ0) is 17.0. The Morgan fingerprint density at radius 1 is 1.00 bits per heavy atom. The molecule has 2 amide bonds. The molecular formula is C18H22N2O3. The molecule has 122 valence electrons. The predicted octanol–water partition coefficient (Wildman–Crippen LogP) is 2.50. The third kappa shape index (κ3) is 4.06. The summed E-state index contributed by atoms with van der Waals surface area (Å²) in [4.78, 5) is 37.6. The van der Waals surface area contributed by atoms with Crippen LogP contribution in [0.5, 0.6) is 0 Å². The van der Waals surface area contributed by atoms with E-state index >= 15 is 0 Å². The largest absolute Gasteiger partial charge is 0.349 e. The Hall–Kier alpha value is -2.43. The molecule has 0 heterocycles. The number of anilines is 1. The van der Waals surface area contributed by atoms with Crippen molar-refractivity contribution in [3.05, 3.63) is 42.0 Å². The highest BCUT2D eigenvalue weighted by Crippen LogP contribution is 2.28. The van der Waals surface area contributed by atoms with Crippen LogP contribution in [0.15, 0.2) is 36.4 Å². The summed E-state index contributed by atoms with van der Waals surface area (Å²) in [5.74, 6) is -0.905. The molecule has 0 aromatic heterocycles. The maximum Gasteiger partial charge on any atom is 0.228 e. The molecule has 1 aromatic carbocycles. The Bertz CT molecular complexity index is 632. The van der Waals surface area contributed by atoms with Crippen LogP contribution < -0.4 is 5.32 Å². The number of amides is 2. The van der Waals surface area contributed by atoms with E-state index in [1.54, 1.807) is 38.4 Å². The quantitative estimate of drug-likeness (QED) is 0.686. The molecule has 23 heavy (non-hydrogen) atoms. The van der Waals surface area contributed by atoms with Gasteiger partial charge in [-0.15, -0.1) is 0 Å². The minimum absolute atomic E-state index is 0.0167. The molecule has 2 unspecified atom stereocenters. The Morgan fingerprint density at radius 3 is 2.09 bits per heavy atom. The van der Waals surface area contributed by atoms with Gasteiger partial charge in [0.25, 0.3) is 0 Å². The molecule has 0 saturated carbocycles. The summed E-state index contributed by atoms with van der Waals surface area (Å²) >= 11 is 0. The predicted molar refractivity (Wildman–Crippen MR) is 89.1 cm³/mol. The lowest BCUT2D eigenvalue weighted by atomic mass is 9.81. The van der Waals surface area contributed by atoms with Crippen LogP contribution in [-0.4, -0.2) is 36.6 Å². The normalized spacial score (nSPS) is 20.0. The van der Waals surface area contributed by atoms with E-state index < -0.39 is 0 Å². The van der Waals surface area contributed by atoms with Crippen molar-refractivity contribution in [2.45, 2.75) is 19.8 Å². The van der Waals surface area contributed by atoms with Crippen LogP contribution in [0.1, 0.15) is 30.1 Å². The van der Waals surface area contributed by atoms with Crippen LogP contribution in [0.25, 0.3) is 0 Å². The lowest BCUT2D eigenvalue weighted by Crippen LogP contribution is -2.40. The molecule has 1 aliphatic carbocycles. The van der Waals surface area contributed by atoms with Crippen LogP contribution in [0.3, 0.4) is 0 Å². The van der Waals surface area contributed by atoms with Gasteiger partial charge in [-0.05, 0) is 44.0 Å². The molecule has 0 aliphatic heterocycles. The number of hydrogen-bond acceptors (Lipinski definition) is 3. The molecule has 5 nitrogen and oxygen atoms in total. The lowest BCUT2D eigenvalue weighted by molar-refractivity contribution is -0.138.